The highest BCUT2D eigenvalue weighted by Crippen LogP contribution is 2.49. The molecular formula is C13H18N2O3. The first-order valence-electron chi connectivity index (χ1n) is 6.06. The van der Waals surface area contributed by atoms with Crippen molar-refractivity contribution >= 4 is 11.7 Å². The lowest BCUT2D eigenvalue weighted by molar-refractivity contribution is -0.168. The Morgan fingerprint density at radius 2 is 2.28 bits per heavy atom. The van der Waals surface area contributed by atoms with Crippen LogP contribution in [0.4, 0.5) is 0 Å². The summed E-state index contributed by atoms with van der Waals surface area (Å²) in [6.45, 7) is 13.3. The Balaban J connectivity index is 2.37. The molecule has 0 saturated heterocycles. The van der Waals surface area contributed by atoms with Gasteiger partial charge in [0.2, 0.25) is 11.6 Å². The first kappa shape index (κ1) is 12.9. The van der Waals surface area contributed by atoms with Crippen LogP contribution in [-0.4, -0.2) is 30.4 Å². The van der Waals surface area contributed by atoms with Crippen LogP contribution < -0.4 is 0 Å². The normalized spacial score (nSPS) is 34.3. The lowest BCUT2D eigenvalue weighted by Gasteiger charge is -2.26. The lowest BCUT2D eigenvalue weighted by Crippen LogP contribution is -2.45. The quantitative estimate of drug-likeness (QED) is 0.528. The van der Waals surface area contributed by atoms with E-state index < -0.39 is 11.6 Å². The van der Waals surface area contributed by atoms with Crippen molar-refractivity contribution in [2.75, 3.05) is 7.11 Å². The number of hydrogen-bond donors (Lipinski definition) is 0. The van der Waals surface area contributed by atoms with Gasteiger partial charge in [-0.2, -0.15) is 0 Å². The summed E-state index contributed by atoms with van der Waals surface area (Å²) in [6.07, 6.45) is 0.992. The minimum atomic E-state index is -1.06. The molecule has 1 aliphatic carbocycles. The molecule has 2 rings (SSSR count). The summed E-state index contributed by atoms with van der Waals surface area (Å²) in [5, 5.41) is 4.11. The van der Waals surface area contributed by atoms with Gasteiger partial charge in [-0.3, -0.25) is 0 Å². The van der Waals surface area contributed by atoms with Gasteiger partial charge < -0.3 is 14.4 Å². The maximum absolute atomic E-state index is 12.0. The molecular weight excluding hydrogens is 232 g/mol. The highest BCUT2D eigenvalue weighted by Gasteiger charge is 2.65. The van der Waals surface area contributed by atoms with Crippen LogP contribution in [0.3, 0.4) is 0 Å². The fourth-order valence-corrected chi connectivity index (χ4v) is 2.86. The highest BCUT2D eigenvalue weighted by atomic mass is 16.7. The number of rotatable bonds is 1. The Morgan fingerprint density at radius 1 is 1.61 bits per heavy atom. The standard InChI is InChI=1S/C13H18N2O3/c1-12(2,3)10-9-6-8(14-4)7-13(9,18-15-10)11(16)17-5/h8-9H,6-7H2,1-3,5H3. The molecule has 1 fully saturated rings. The summed E-state index contributed by atoms with van der Waals surface area (Å²) < 4.78 is 4.85. The van der Waals surface area contributed by atoms with Crippen molar-refractivity contribution < 1.29 is 14.4 Å². The van der Waals surface area contributed by atoms with Gasteiger partial charge in [0, 0.05) is 11.8 Å². The minimum absolute atomic E-state index is 0.135. The van der Waals surface area contributed by atoms with Crippen LogP contribution in [-0.2, 0) is 14.4 Å². The molecule has 0 radical (unpaired) electrons. The predicted molar refractivity (Wildman–Crippen MR) is 65.8 cm³/mol. The van der Waals surface area contributed by atoms with E-state index >= 15 is 0 Å². The van der Waals surface area contributed by atoms with Crippen LogP contribution in [0, 0.1) is 17.9 Å². The van der Waals surface area contributed by atoms with Crippen LogP contribution in [0.25, 0.3) is 4.85 Å². The summed E-state index contributed by atoms with van der Waals surface area (Å²) in [7, 11) is 1.34. The van der Waals surface area contributed by atoms with Crippen molar-refractivity contribution in [2.24, 2.45) is 16.5 Å². The Hall–Kier alpha value is -1.57. The SMILES string of the molecule is [C-]#[N+]C1CC2C(C(C)(C)C)=NOC2(C(=O)OC)C1. The molecule has 18 heavy (non-hydrogen) atoms. The molecule has 5 nitrogen and oxygen atoms in total. The van der Waals surface area contributed by atoms with E-state index in [0.717, 1.165) is 5.71 Å². The molecule has 0 aromatic heterocycles. The number of ether oxygens (including phenoxy) is 1. The van der Waals surface area contributed by atoms with Crippen molar-refractivity contribution in [1.29, 1.82) is 0 Å². The largest absolute Gasteiger partial charge is 0.466 e. The van der Waals surface area contributed by atoms with Gasteiger partial charge >= 0.3 is 5.97 Å². The average Bonchev–Trinajstić information content (AvgIpc) is 2.81. The van der Waals surface area contributed by atoms with Gasteiger partial charge in [-0.25, -0.2) is 11.4 Å². The van der Waals surface area contributed by atoms with E-state index in [-0.39, 0.29) is 17.4 Å². The van der Waals surface area contributed by atoms with E-state index in [0.29, 0.717) is 12.8 Å². The average molecular weight is 250 g/mol. The van der Waals surface area contributed by atoms with Crippen LogP contribution in [0.2, 0.25) is 0 Å². The van der Waals surface area contributed by atoms with Gasteiger partial charge in [0.15, 0.2) is 0 Å². The Kier molecular flexibility index (Phi) is 2.84. The van der Waals surface area contributed by atoms with E-state index in [1.165, 1.54) is 7.11 Å². The van der Waals surface area contributed by atoms with Gasteiger partial charge in [0.1, 0.15) is 0 Å². The van der Waals surface area contributed by atoms with E-state index in [1.54, 1.807) is 0 Å². The number of hydrogen-bond acceptors (Lipinski definition) is 4. The topological polar surface area (TPSA) is 52.2 Å². The highest BCUT2D eigenvalue weighted by molar-refractivity contribution is 5.99. The second-order valence-electron chi connectivity index (χ2n) is 5.97. The Bertz CT molecular complexity index is 444. The fraction of sp³-hybridized carbons (Fsp3) is 0.769. The third-order valence-electron chi connectivity index (χ3n) is 3.73. The van der Waals surface area contributed by atoms with Gasteiger partial charge in [-0.1, -0.05) is 25.9 Å². The first-order chi connectivity index (χ1) is 8.35. The number of carbonyl (C=O) groups is 1. The Labute approximate surface area is 107 Å². The third-order valence-corrected chi connectivity index (χ3v) is 3.73. The van der Waals surface area contributed by atoms with Crippen molar-refractivity contribution in [2.45, 2.75) is 45.3 Å². The molecule has 0 aromatic carbocycles. The third kappa shape index (κ3) is 1.67. The zero-order valence-corrected chi connectivity index (χ0v) is 11.2. The molecule has 1 aliphatic heterocycles. The summed E-state index contributed by atoms with van der Waals surface area (Å²) in [6, 6.07) is -0.193. The monoisotopic (exact) mass is 250 g/mol. The number of carbonyl (C=O) groups excluding carboxylic acids is 1. The number of oxime groups is 1. The first-order valence-corrected chi connectivity index (χ1v) is 6.06. The minimum Gasteiger partial charge on any atom is -0.466 e. The van der Waals surface area contributed by atoms with Crippen LogP contribution in [0.5, 0.6) is 0 Å². The molecule has 0 bridgehead atoms. The molecule has 98 valence electrons. The second-order valence-corrected chi connectivity index (χ2v) is 5.97. The zero-order valence-electron chi connectivity index (χ0n) is 11.2. The predicted octanol–water partition coefficient (Wildman–Crippen LogP) is 2.03. The molecule has 0 aromatic rings. The molecule has 1 heterocycles. The number of methoxy groups -OCH3 is 1. The maximum Gasteiger partial charge on any atom is 0.354 e. The van der Waals surface area contributed by atoms with Gasteiger partial charge in [-0.15, -0.1) is 0 Å². The van der Waals surface area contributed by atoms with E-state index in [1.807, 2.05) is 20.8 Å². The van der Waals surface area contributed by atoms with Crippen LogP contribution in [0.1, 0.15) is 33.6 Å². The smallest absolute Gasteiger partial charge is 0.354 e. The van der Waals surface area contributed by atoms with Crippen molar-refractivity contribution in [3.8, 4) is 0 Å². The van der Waals surface area contributed by atoms with Gasteiger partial charge in [0.25, 0.3) is 0 Å². The second kappa shape index (κ2) is 3.98. The summed E-state index contributed by atoms with van der Waals surface area (Å²) in [5.41, 5.74) is -0.372. The molecule has 0 amide bonds. The van der Waals surface area contributed by atoms with Crippen LogP contribution in [0.15, 0.2) is 5.16 Å². The van der Waals surface area contributed by atoms with E-state index in [4.69, 9.17) is 16.1 Å². The maximum atomic E-state index is 12.0. The van der Waals surface area contributed by atoms with E-state index in [9.17, 15) is 4.79 Å². The lowest BCUT2D eigenvalue weighted by atomic mass is 9.76. The van der Waals surface area contributed by atoms with Crippen molar-refractivity contribution in [3.05, 3.63) is 11.4 Å². The molecule has 3 unspecified atom stereocenters. The summed E-state index contributed by atoms with van der Waals surface area (Å²) in [5.74, 6) is -0.550. The number of esters is 1. The molecule has 5 heteroatoms. The Morgan fingerprint density at radius 3 is 2.78 bits per heavy atom. The molecule has 0 N–H and O–H groups in total. The molecule has 1 saturated carbocycles. The number of fused-ring (bicyclic) bond motifs is 1. The molecule has 3 atom stereocenters. The van der Waals surface area contributed by atoms with Crippen molar-refractivity contribution in [3.63, 3.8) is 0 Å². The van der Waals surface area contributed by atoms with Gasteiger partial charge in [-0.05, 0) is 0 Å². The van der Waals surface area contributed by atoms with Gasteiger partial charge in [0.05, 0.1) is 25.2 Å². The molecule has 0 spiro atoms. The van der Waals surface area contributed by atoms with Crippen molar-refractivity contribution in [1.82, 2.24) is 0 Å². The van der Waals surface area contributed by atoms with E-state index in [2.05, 4.69) is 10.0 Å². The molecule has 2 aliphatic rings. The van der Waals surface area contributed by atoms with Crippen LogP contribution >= 0.6 is 0 Å². The fourth-order valence-electron chi connectivity index (χ4n) is 2.86. The summed E-state index contributed by atoms with van der Waals surface area (Å²) in [4.78, 5) is 21.0. The summed E-state index contributed by atoms with van der Waals surface area (Å²) >= 11 is 0. The zero-order chi connectivity index (χ0) is 13.6. The number of nitrogens with zero attached hydrogens (tertiary/aromatic N) is 2.